The fourth-order valence-corrected chi connectivity index (χ4v) is 15.5. The van der Waals surface area contributed by atoms with Crippen LogP contribution in [0.25, 0.3) is 0 Å². The molecule has 0 atom stereocenters. The molecule has 0 saturated carbocycles. The van der Waals surface area contributed by atoms with E-state index in [-0.39, 0.29) is 19.9 Å². The summed E-state index contributed by atoms with van der Waals surface area (Å²) in [6.07, 6.45) is 6.26. The van der Waals surface area contributed by atoms with Crippen LogP contribution in [0.5, 0.6) is 0 Å². The Morgan fingerprint density at radius 1 is 0.628 bits per heavy atom. The molecule has 19 heteroatoms. The van der Waals surface area contributed by atoms with Gasteiger partial charge in [-0.05, 0) is 0 Å². The molecule has 4 rings (SSSR count). The number of rotatable bonds is 6. The Hall–Kier alpha value is -3.09. The number of alkyl halides is 6. The number of nitrogen functional groups attached to an aromatic ring is 2. The summed E-state index contributed by atoms with van der Waals surface area (Å²) in [5.41, 5.74) is -4.93. The van der Waals surface area contributed by atoms with Gasteiger partial charge >= 0.3 is 241 Å². The van der Waals surface area contributed by atoms with Crippen molar-refractivity contribution in [3.63, 3.8) is 0 Å². The average molecular weight is 698 g/mol. The number of halogens is 10. The van der Waals surface area contributed by atoms with Gasteiger partial charge in [0.1, 0.15) is 0 Å². The van der Waals surface area contributed by atoms with Gasteiger partial charge in [0.25, 0.3) is 0 Å². The molecule has 0 amide bonds. The average Bonchev–Trinajstić information content (AvgIpc) is 3.55. The van der Waals surface area contributed by atoms with Gasteiger partial charge in [0.15, 0.2) is 0 Å². The van der Waals surface area contributed by atoms with E-state index in [4.69, 9.17) is 11.5 Å². The van der Waals surface area contributed by atoms with Crippen LogP contribution in [0.2, 0.25) is 0 Å². The van der Waals surface area contributed by atoms with Gasteiger partial charge in [-0.1, -0.05) is 0 Å². The molecule has 0 unspecified atom stereocenters. The summed E-state index contributed by atoms with van der Waals surface area (Å²) in [5.74, 6) is -8.75. The van der Waals surface area contributed by atoms with Crippen LogP contribution in [0.4, 0.5) is 55.3 Å². The maximum atomic E-state index is 16.4. The zero-order valence-corrected chi connectivity index (χ0v) is 24.1. The number of nitrogens with two attached hydrogens (primary N) is 2. The molecule has 2 aliphatic rings. The zero-order valence-electron chi connectivity index (χ0n) is 20.9. The fraction of sp³-hybridized carbons (Fsp3) is 0.167. The molecular weight excluding hydrogens is 682 g/mol. The van der Waals surface area contributed by atoms with Gasteiger partial charge in [-0.2, -0.15) is 0 Å². The number of allylic oxidation sites excluding steroid dienone is 8. The van der Waals surface area contributed by atoms with Crippen molar-refractivity contribution in [1.29, 1.82) is 0 Å². The first kappa shape index (κ1) is 32.8. The van der Waals surface area contributed by atoms with Crippen molar-refractivity contribution in [3.05, 3.63) is 79.6 Å². The van der Waals surface area contributed by atoms with E-state index >= 15 is 17.6 Å². The van der Waals surface area contributed by atoms with Crippen LogP contribution in [0, 0.1) is 23.3 Å². The summed E-state index contributed by atoms with van der Waals surface area (Å²) >= 11 is -6.33. The van der Waals surface area contributed by atoms with E-state index in [1.54, 1.807) is 0 Å². The summed E-state index contributed by atoms with van der Waals surface area (Å²) in [6, 6.07) is -0.0488. The Morgan fingerprint density at radius 3 is 1.21 bits per heavy atom. The molecule has 0 aromatic heterocycles. The SMILES string of the molecule is Nc1cc(F)[c]([Ti]([C]2=CC=CC2)([C]2=CC=CC2)[c]2c(F)cc(N)c(S(=O)(=O)C(F)(F)F)c2F)c(F)c1S(=O)(=O)C(F)(F)F. The molecule has 232 valence electrons. The number of hydrogen-bond acceptors (Lipinski definition) is 6. The Morgan fingerprint density at radius 2 is 0.953 bits per heavy atom. The number of sulfone groups is 2. The second kappa shape index (κ2) is 10.5. The first-order valence-corrected chi connectivity index (χ1v) is 17.6. The minimum absolute atomic E-state index is 0.0244. The van der Waals surface area contributed by atoms with E-state index in [1.165, 1.54) is 24.3 Å². The third-order valence-corrected chi connectivity index (χ3v) is 17.9. The molecule has 0 saturated heterocycles. The van der Waals surface area contributed by atoms with E-state index in [0.29, 0.717) is 0 Å². The van der Waals surface area contributed by atoms with Crippen LogP contribution >= 0.6 is 0 Å². The van der Waals surface area contributed by atoms with E-state index < -0.39 is 112 Å². The molecule has 43 heavy (non-hydrogen) atoms. The van der Waals surface area contributed by atoms with Crippen LogP contribution in [-0.4, -0.2) is 27.9 Å². The van der Waals surface area contributed by atoms with Gasteiger partial charge in [0.05, 0.1) is 0 Å². The van der Waals surface area contributed by atoms with Crippen molar-refractivity contribution in [3.8, 4) is 0 Å². The number of benzene rings is 2. The molecule has 0 radical (unpaired) electrons. The van der Waals surface area contributed by atoms with Gasteiger partial charge in [-0.15, -0.1) is 0 Å². The number of hydrogen-bond donors (Lipinski definition) is 2. The summed E-state index contributed by atoms with van der Waals surface area (Å²) in [6.45, 7) is 0. The Kier molecular flexibility index (Phi) is 8.03. The van der Waals surface area contributed by atoms with Crippen LogP contribution in [0.1, 0.15) is 12.8 Å². The third kappa shape index (κ3) is 4.82. The Bertz CT molecular complexity index is 1760. The quantitative estimate of drug-likeness (QED) is 0.194. The fourth-order valence-electron chi connectivity index (χ4n) is 5.13. The molecular formula is C24H16F10N2O4S2Ti. The van der Waals surface area contributed by atoms with Crippen LogP contribution in [-0.2, 0) is 36.3 Å². The maximum absolute atomic E-state index is 16.4. The topological polar surface area (TPSA) is 120 Å². The van der Waals surface area contributed by atoms with E-state index in [1.807, 2.05) is 0 Å². The van der Waals surface area contributed by atoms with Crippen molar-refractivity contribution in [2.45, 2.75) is 33.6 Å². The summed E-state index contributed by atoms with van der Waals surface area (Å²) in [4.78, 5) is -4.58. The van der Waals surface area contributed by atoms with Crippen molar-refractivity contribution in [2.75, 3.05) is 11.5 Å². The first-order chi connectivity index (χ1) is 19.6. The predicted octanol–water partition coefficient (Wildman–Crippen LogP) is 4.79. The predicted molar refractivity (Wildman–Crippen MR) is 131 cm³/mol. The van der Waals surface area contributed by atoms with Gasteiger partial charge in [0, 0.05) is 0 Å². The molecule has 0 aliphatic heterocycles. The molecule has 2 aliphatic carbocycles. The minimum atomic E-state index is -6.70. The van der Waals surface area contributed by atoms with Crippen molar-refractivity contribution < 1.29 is 77.3 Å². The summed E-state index contributed by atoms with van der Waals surface area (Å²) < 4.78 is 192. The molecule has 2 aromatic rings. The summed E-state index contributed by atoms with van der Waals surface area (Å²) in [5, 5.41) is 0. The molecule has 2 aromatic carbocycles. The van der Waals surface area contributed by atoms with Crippen LogP contribution < -0.4 is 19.2 Å². The second-order valence-corrected chi connectivity index (χ2v) is 18.9. The van der Waals surface area contributed by atoms with Crippen LogP contribution in [0.3, 0.4) is 0 Å². The van der Waals surface area contributed by atoms with Crippen LogP contribution in [0.15, 0.2) is 66.1 Å². The zero-order chi connectivity index (χ0) is 32.5. The van der Waals surface area contributed by atoms with E-state index in [0.717, 1.165) is 12.2 Å². The third-order valence-electron chi connectivity index (χ3n) is 6.81. The Labute approximate surface area is 240 Å². The first-order valence-electron chi connectivity index (χ1n) is 11.5. The standard InChI is InChI=1S/2C7H3F5NO2S.2C5H5.Ti/c2*8-3-1-4(9)6(5(13)2-3)16(14,15)7(10,11)12;2*1-2-4-5-3-1;/h2*2H,13H2;2*1-3H,4H2;. The Balaban J connectivity index is 2.34. The van der Waals surface area contributed by atoms with Crippen molar-refractivity contribution >= 4 is 38.8 Å². The molecule has 4 N–H and O–H groups in total. The molecule has 0 fully saturated rings. The second-order valence-electron chi connectivity index (χ2n) is 9.23. The van der Waals surface area contributed by atoms with Gasteiger partial charge in [-0.25, -0.2) is 0 Å². The number of anilines is 2. The monoisotopic (exact) mass is 698 g/mol. The van der Waals surface area contributed by atoms with E-state index in [9.17, 15) is 43.2 Å². The van der Waals surface area contributed by atoms with Gasteiger partial charge < -0.3 is 0 Å². The molecule has 6 nitrogen and oxygen atoms in total. The van der Waals surface area contributed by atoms with E-state index in [2.05, 4.69) is 0 Å². The van der Waals surface area contributed by atoms with Crippen molar-refractivity contribution in [1.82, 2.24) is 0 Å². The van der Waals surface area contributed by atoms with Gasteiger partial charge in [0.2, 0.25) is 0 Å². The molecule has 0 spiro atoms. The summed E-state index contributed by atoms with van der Waals surface area (Å²) in [7, 11) is -13.4. The van der Waals surface area contributed by atoms with Gasteiger partial charge in [-0.3, -0.25) is 0 Å². The normalized spacial score (nSPS) is 16.1. The van der Waals surface area contributed by atoms with Crippen molar-refractivity contribution in [2.24, 2.45) is 0 Å². The molecule has 0 heterocycles. The molecule has 0 bridgehead atoms.